The molecule has 0 aromatic heterocycles. The molecule has 8 heteroatoms. The van der Waals surface area contributed by atoms with Gasteiger partial charge in [-0.05, 0) is 13.1 Å². The maximum Gasteiger partial charge on any atom is 0.270 e. The zero-order valence-corrected chi connectivity index (χ0v) is 13.4. The lowest BCUT2D eigenvalue weighted by molar-refractivity contribution is -0.384. The van der Waals surface area contributed by atoms with Crippen LogP contribution in [0, 0.1) is 10.1 Å². The number of amides is 1. The number of ether oxygens (including phenoxy) is 1. The van der Waals surface area contributed by atoms with E-state index in [1.165, 1.54) is 19.2 Å². The third kappa shape index (κ3) is 4.64. The molecule has 1 aromatic carbocycles. The Labute approximate surface area is 135 Å². The number of nitro benzene ring substituents is 1. The molecule has 0 saturated carbocycles. The highest BCUT2D eigenvalue weighted by atomic mass is 16.6. The number of carbonyl (C=O) groups is 1. The van der Waals surface area contributed by atoms with Crippen molar-refractivity contribution in [1.29, 1.82) is 0 Å². The van der Waals surface area contributed by atoms with Gasteiger partial charge in [0.05, 0.1) is 18.6 Å². The molecule has 1 N–H and O–H groups in total. The van der Waals surface area contributed by atoms with Crippen LogP contribution in [0.15, 0.2) is 18.2 Å². The average molecular weight is 322 g/mol. The number of methoxy groups -OCH3 is 1. The average Bonchev–Trinajstić information content (AvgIpc) is 2.55. The predicted octanol–water partition coefficient (Wildman–Crippen LogP) is 0.467. The highest BCUT2D eigenvalue weighted by Crippen LogP contribution is 2.25. The van der Waals surface area contributed by atoms with Crippen molar-refractivity contribution in [3.8, 4) is 5.75 Å². The minimum atomic E-state index is -0.436. The Balaban J connectivity index is 2.01. The first-order valence-corrected chi connectivity index (χ1v) is 7.49. The van der Waals surface area contributed by atoms with Gasteiger partial charge in [0, 0.05) is 50.4 Å². The third-order valence-corrected chi connectivity index (χ3v) is 3.79. The molecule has 8 nitrogen and oxygen atoms in total. The minimum absolute atomic E-state index is 0.0163. The Kier molecular flexibility index (Phi) is 5.89. The normalized spacial score (nSPS) is 14.8. The molecule has 1 saturated heterocycles. The molecule has 23 heavy (non-hydrogen) atoms. The largest absolute Gasteiger partial charge is 0.496 e. The number of nitrogens with one attached hydrogen (secondary N) is 1. The lowest BCUT2D eigenvalue weighted by Gasteiger charge is -2.29. The van der Waals surface area contributed by atoms with Crippen LogP contribution in [0.3, 0.4) is 0 Å². The van der Waals surface area contributed by atoms with Gasteiger partial charge in [0.1, 0.15) is 5.75 Å². The Morgan fingerprint density at radius 1 is 1.43 bits per heavy atom. The highest BCUT2D eigenvalue weighted by molar-refractivity contribution is 5.78. The molecular weight excluding hydrogens is 300 g/mol. The number of likely N-dealkylation sites (N-methyl/N-ethyl adjacent to an activating group) is 1. The van der Waals surface area contributed by atoms with Crippen molar-refractivity contribution in [1.82, 2.24) is 15.1 Å². The van der Waals surface area contributed by atoms with E-state index in [1.807, 2.05) is 16.8 Å². The molecule has 0 spiro atoms. The number of nitrogens with zero attached hydrogens (tertiary/aromatic N) is 3. The summed E-state index contributed by atoms with van der Waals surface area (Å²) in [6.45, 7) is 3.73. The van der Waals surface area contributed by atoms with E-state index >= 15 is 0 Å². The molecule has 2 rings (SSSR count). The van der Waals surface area contributed by atoms with Gasteiger partial charge in [-0.15, -0.1) is 0 Å². The van der Waals surface area contributed by atoms with Crippen LogP contribution in [-0.2, 0) is 11.3 Å². The van der Waals surface area contributed by atoms with E-state index in [4.69, 9.17) is 4.74 Å². The lowest BCUT2D eigenvalue weighted by atomic mass is 10.1. The van der Waals surface area contributed by atoms with Crippen LogP contribution in [-0.4, -0.2) is 67.5 Å². The van der Waals surface area contributed by atoms with Gasteiger partial charge in [-0.3, -0.25) is 19.8 Å². The van der Waals surface area contributed by atoms with Crippen LogP contribution in [0.4, 0.5) is 5.69 Å². The van der Waals surface area contributed by atoms with Gasteiger partial charge in [-0.1, -0.05) is 0 Å². The van der Waals surface area contributed by atoms with Crippen molar-refractivity contribution in [3.05, 3.63) is 33.9 Å². The molecule has 1 aliphatic rings. The fourth-order valence-electron chi connectivity index (χ4n) is 2.59. The first-order chi connectivity index (χ1) is 11.0. The van der Waals surface area contributed by atoms with Gasteiger partial charge in [0.25, 0.3) is 5.69 Å². The number of benzene rings is 1. The van der Waals surface area contributed by atoms with Gasteiger partial charge in [0.15, 0.2) is 0 Å². The summed E-state index contributed by atoms with van der Waals surface area (Å²) in [4.78, 5) is 26.4. The van der Waals surface area contributed by atoms with Gasteiger partial charge in [0.2, 0.25) is 5.91 Å². The van der Waals surface area contributed by atoms with Crippen LogP contribution >= 0.6 is 0 Å². The second-order valence-corrected chi connectivity index (χ2v) is 5.56. The Morgan fingerprint density at radius 2 is 2.13 bits per heavy atom. The third-order valence-electron chi connectivity index (χ3n) is 3.79. The number of piperazine rings is 1. The summed E-state index contributed by atoms with van der Waals surface area (Å²) in [6, 6.07) is 4.48. The molecular formula is C15H22N4O4. The second-order valence-electron chi connectivity index (χ2n) is 5.56. The molecule has 0 aliphatic carbocycles. The monoisotopic (exact) mass is 322 g/mol. The molecule has 0 radical (unpaired) electrons. The van der Waals surface area contributed by atoms with E-state index in [9.17, 15) is 14.9 Å². The van der Waals surface area contributed by atoms with Crippen LogP contribution < -0.4 is 10.1 Å². The molecule has 0 atom stereocenters. The number of nitro groups is 1. The standard InChI is InChI=1S/C15H22N4O4/c1-17(11-15(20)18-7-5-16-6-8-18)10-12-9-13(19(21)22)3-4-14(12)23-2/h3-4,9,16H,5-8,10-11H2,1-2H3. The van der Waals surface area contributed by atoms with Gasteiger partial charge < -0.3 is 15.0 Å². The first-order valence-electron chi connectivity index (χ1n) is 7.49. The maximum atomic E-state index is 12.2. The van der Waals surface area contributed by atoms with Crippen molar-refractivity contribution in [3.63, 3.8) is 0 Å². The minimum Gasteiger partial charge on any atom is -0.496 e. The van der Waals surface area contributed by atoms with Crippen molar-refractivity contribution in [2.45, 2.75) is 6.54 Å². The van der Waals surface area contributed by atoms with Crippen LogP contribution in [0.25, 0.3) is 0 Å². The van der Waals surface area contributed by atoms with Crippen LogP contribution in [0.5, 0.6) is 5.75 Å². The first kappa shape index (κ1) is 17.2. The summed E-state index contributed by atoms with van der Waals surface area (Å²) in [5, 5.41) is 14.1. The number of rotatable bonds is 6. The van der Waals surface area contributed by atoms with E-state index in [1.54, 1.807) is 6.07 Å². The van der Waals surface area contributed by atoms with E-state index in [0.717, 1.165) is 13.1 Å². The summed E-state index contributed by atoms with van der Waals surface area (Å²) in [5.74, 6) is 0.649. The SMILES string of the molecule is COc1ccc([N+](=O)[O-])cc1CN(C)CC(=O)N1CCNCC1. The maximum absolute atomic E-state index is 12.2. The van der Waals surface area contributed by atoms with Gasteiger partial charge >= 0.3 is 0 Å². The summed E-state index contributed by atoms with van der Waals surface area (Å²) >= 11 is 0. The molecule has 0 unspecified atom stereocenters. The molecule has 1 fully saturated rings. The number of non-ortho nitro benzene ring substituents is 1. The van der Waals surface area contributed by atoms with Crippen molar-refractivity contribution >= 4 is 11.6 Å². The Bertz CT molecular complexity index is 573. The van der Waals surface area contributed by atoms with E-state index < -0.39 is 4.92 Å². The van der Waals surface area contributed by atoms with Crippen molar-refractivity contribution in [2.75, 3.05) is 46.9 Å². The smallest absolute Gasteiger partial charge is 0.270 e. The predicted molar refractivity (Wildman–Crippen MR) is 85.4 cm³/mol. The second kappa shape index (κ2) is 7.89. The zero-order valence-electron chi connectivity index (χ0n) is 13.4. The summed E-state index contributed by atoms with van der Waals surface area (Å²) in [5.41, 5.74) is 0.708. The molecule has 0 bridgehead atoms. The quantitative estimate of drug-likeness (QED) is 0.605. The summed E-state index contributed by atoms with van der Waals surface area (Å²) < 4.78 is 5.25. The molecule has 126 valence electrons. The fraction of sp³-hybridized carbons (Fsp3) is 0.533. The van der Waals surface area contributed by atoms with Gasteiger partial charge in [-0.2, -0.15) is 0 Å². The topological polar surface area (TPSA) is 88.0 Å². The Hall–Kier alpha value is -2.19. The lowest BCUT2D eigenvalue weighted by Crippen LogP contribution is -2.49. The van der Waals surface area contributed by atoms with Crippen molar-refractivity contribution < 1.29 is 14.5 Å². The molecule has 1 aromatic rings. The molecule has 1 aliphatic heterocycles. The van der Waals surface area contributed by atoms with Crippen LogP contribution in [0.2, 0.25) is 0 Å². The summed E-state index contributed by atoms with van der Waals surface area (Å²) in [6.07, 6.45) is 0. The number of hydrogen-bond acceptors (Lipinski definition) is 6. The van der Waals surface area contributed by atoms with Crippen molar-refractivity contribution in [2.24, 2.45) is 0 Å². The van der Waals surface area contributed by atoms with E-state index in [-0.39, 0.29) is 18.1 Å². The highest BCUT2D eigenvalue weighted by Gasteiger charge is 2.19. The van der Waals surface area contributed by atoms with E-state index in [0.29, 0.717) is 30.9 Å². The van der Waals surface area contributed by atoms with Crippen LogP contribution in [0.1, 0.15) is 5.56 Å². The fourth-order valence-corrected chi connectivity index (χ4v) is 2.59. The summed E-state index contributed by atoms with van der Waals surface area (Å²) in [7, 11) is 3.34. The van der Waals surface area contributed by atoms with E-state index in [2.05, 4.69) is 5.32 Å². The molecule has 1 amide bonds. The Morgan fingerprint density at radius 3 is 2.74 bits per heavy atom. The molecule has 1 heterocycles. The van der Waals surface area contributed by atoms with Gasteiger partial charge in [-0.25, -0.2) is 0 Å². The number of hydrogen-bond donors (Lipinski definition) is 1. The zero-order chi connectivity index (χ0) is 16.8. The number of carbonyl (C=O) groups excluding carboxylic acids is 1.